The SMILES string of the molecule is CC(C)(C)OC(=O)c1ccccc1CC(NC(=O)Cc1cccc(Cl)c1)B1OC2CC3CC(C3(C)C)C2(C)O1. The number of halogens is 1. The third-order valence-electron chi connectivity index (χ3n) is 8.97. The molecule has 2 aromatic rings. The molecule has 4 aliphatic rings. The zero-order valence-corrected chi connectivity index (χ0v) is 24.5. The van der Waals surface area contributed by atoms with Gasteiger partial charge in [0, 0.05) is 5.02 Å². The molecule has 2 aromatic carbocycles. The lowest BCUT2D eigenvalue weighted by Crippen LogP contribution is -2.65. The van der Waals surface area contributed by atoms with E-state index in [2.05, 4.69) is 26.1 Å². The fraction of sp³-hybridized carbons (Fsp3) is 0.548. The Kier molecular flexibility index (Phi) is 7.41. The Bertz CT molecular complexity index is 1260. The molecule has 4 fully saturated rings. The van der Waals surface area contributed by atoms with Gasteiger partial charge in [-0.3, -0.25) is 4.79 Å². The van der Waals surface area contributed by atoms with E-state index in [9.17, 15) is 9.59 Å². The van der Waals surface area contributed by atoms with Crippen molar-refractivity contribution >= 4 is 30.6 Å². The van der Waals surface area contributed by atoms with Gasteiger partial charge < -0.3 is 19.4 Å². The number of amides is 1. The van der Waals surface area contributed by atoms with Gasteiger partial charge in [0.2, 0.25) is 5.91 Å². The van der Waals surface area contributed by atoms with E-state index in [-0.39, 0.29) is 23.8 Å². The molecule has 3 aliphatic carbocycles. The van der Waals surface area contributed by atoms with Gasteiger partial charge in [0.15, 0.2) is 0 Å². The van der Waals surface area contributed by atoms with Gasteiger partial charge in [0.25, 0.3) is 0 Å². The average molecular weight is 552 g/mol. The predicted molar refractivity (Wildman–Crippen MR) is 153 cm³/mol. The highest BCUT2D eigenvalue weighted by Crippen LogP contribution is 2.65. The van der Waals surface area contributed by atoms with Crippen molar-refractivity contribution in [2.45, 2.75) is 90.5 Å². The van der Waals surface area contributed by atoms with E-state index in [0.29, 0.717) is 28.8 Å². The van der Waals surface area contributed by atoms with Gasteiger partial charge in [-0.2, -0.15) is 0 Å². The van der Waals surface area contributed by atoms with Crippen molar-refractivity contribution in [1.82, 2.24) is 5.32 Å². The Morgan fingerprint density at radius 1 is 1.13 bits per heavy atom. The van der Waals surface area contributed by atoms with Crippen LogP contribution in [0.1, 0.15) is 75.9 Å². The predicted octanol–water partition coefficient (Wildman–Crippen LogP) is 5.83. The lowest BCUT2D eigenvalue weighted by atomic mass is 9.43. The van der Waals surface area contributed by atoms with Gasteiger partial charge in [-0.15, -0.1) is 0 Å². The van der Waals surface area contributed by atoms with Crippen LogP contribution in [0.4, 0.5) is 0 Å². The van der Waals surface area contributed by atoms with Crippen molar-refractivity contribution in [1.29, 1.82) is 0 Å². The number of nitrogens with one attached hydrogen (secondary N) is 1. The Hall–Kier alpha value is -2.35. The summed E-state index contributed by atoms with van der Waals surface area (Å²) in [6.45, 7) is 12.4. The minimum atomic E-state index is -0.634. The summed E-state index contributed by atoms with van der Waals surface area (Å²) in [6, 6.07) is 14.7. The van der Waals surface area contributed by atoms with Crippen molar-refractivity contribution in [3.8, 4) is 0 Å². The first-order chi connectivity index (χ1) is 18.3. The number of carbonyl (C=O) groups excluding carboxylic acids is 2. The smallest absolute Gasteiger partial charge is 0.456 e. The summed E-state index contributed by atoms with van der Waals surface area (Å²) in [5.41, 5.74) is 1.25. The van der Waals surface area contributed by atoms with Crippen LogP contribution in [-0.4, -0.2) is 42.2 Å². The molecule has 2 bridgehead atoms. The van der Waals surface area contributed by atoms with Gasteiger partial charge in [-0.25, -0.2) is 4.79 Å². The number of benzene rings is 2. The highest BCUT2D eigenvalue weighted by molar-refractivity contribution is 6.48. The second-order valence-corrected chi connectivity index (χ2v) is 13.6. The van der Waals surface area contributed by atoms with Gasteiger partial charge >= 0.3 is 13.1 Å². The van der Waals surface area contributed by atoms with Crippen LogP contribution in [-0.2, 0) is 31.7 Å². The monoisotopic (exact) mass is 551 g/mol. The Balaban J connectivity index is 1.40. The minimum Gasteiger partial charge on any atom is -0.456 e. The molecule has 5 unspecified atom stereocenters. The quantitative estimate of drug-likeness (QED) is 0.346. The number of hydrogen-bond donors (Lipinski definition) is 1. The van der Waals surface area contributed by atoms with Crippen LogP contribution in [0.2, 0.25) is 5.02 Å². The maximum Gasteiger partial charge on any atom is 0.482 e. The summed E-state index contributed by atoms with van der Waals surface area (Å²) in [5.74, 6) is -0.0299. The van der Waals surface area contributed by atoms with E-state index in [1.54, 1.807) is 18.2 Å². The molecule has 5 atom stereocenters. The van der Waals surface area contributed by atoms with E-state index in [0.717, 1.165) is 24.0 Å². The highest BCUT2D eigenvalue weighted by atomic mass is 35.5. The Morgan fingerprint density at radius 3 is 2.56 bits per heavy atom. The second-order valence-electron chi connectivity index (χ2n) is 13.2. The summed E-state index contributed by atoms with van der Waals surface area (Å²) in [6.07, 6.45) is 2.61. The summed E-state index contributed by atoms with van der Waals surface area (Å²) < 4.78 is 19.0. The highest BCUT2D eigenvalue weighted by Gasteiger charge is 2.68. The molecule has 6 rings (SSSR count). The number of ether oxygens (including phenoxy) is 1. The van der Waals surface area contributed by atoms with Crippen LogP contribution in [0.15, 0.2) is 48.5 Å². The molecule has 6 nitrogen and oxygen atoms in total. The third kappa shape index (κ3) is 5.64. The zero-order valence-electron chi connectivity index (χ0n) is 23.8. The summed E-state index contributed by atoms with van der Waals surface area (Å²) in [5, 5.41) is 3.77. The van der Waals surface area contributed by atoms with E-state index in [4.69, 9.17) is 25.6 Å². The average Bonchev–Trinajstić information content (AvgIpc) is 3.20. The lowest BCUT2D eigenvalue weighted by Gasteiger charge is -2.64. The van der Waals surface area contributed by atoms with E-state index in [1.165, 1.54) is 0 Å². The molecule has 39 heavy (non-hydrogen) atoms. The van der Waals surface area contributed by atoms with E-state index < -0.39 is 30.2 Å². The van der Waals surface area contributed by atoms with Crippen LogP contribution >= 0.6 is 11.6 Å². The third-order valence-corrected chi connectivity index (χ3v) is 9.21. The second kappa shape index (κ2) is 10.2. The van der Waals surface area contributed by atoms with Crippen molar-refractivity contribution in [3.63, 3.8) is 0 Å². The van der Waals surface area contributed by atoms with Crippen molar-refractivity contribution in [2.75, 3.05) is 0 Å². The van der Waals surface area contributed by atoms with Crippen molar-refractivity contribution < 1.29 is 23.6 Å². The van der Waals surface area contributed by atoms with Gasteiger partial charge in [0.05, 0.1) is 29.6 Å². The summed E-state index contributed by atoms with van der Waals surface area (Å²) in [7, 11) is -0.634. The molecule has 1 N–H and O–H groups in total. The standard InChI is InChI=1S/C31H39BClNO5/c1-29(2,3)37-28(36)23-13-8-7-11-20(23)16-26(34-27(35)15-19-10-9-12-22(33)14-19)32-38-25-18-21-17-24(30(21,4)5)31(25,6)39-32/h7-14,21,24-26H,15-18H2,1-6H3,(H,34,35). The number of hydrogen-bond acceptors (Lipinski definition) is 5. The molecule has 0 radical (unpaired) electrons. The first-order valence-electron chi connectivity index (χ1n) is 13.9. The molecular formula is C31H39BClNO5. The fourth-order valence-electron chi connectivity index (χ4n) is 6.84. The summed E-state index contributed by atoms with van der Waals surface area (Å²) in [4.78, 5) is 26.4. The number of esters is 1. The first kappa shape index (κ1) is 28.2. The summed E-state index contributed by atoms with van der Waals surface area (Å²) >= 11 is 6.15. The molecule has 1 heterocycles. The molecule has 0 spiro atoms. The van der Waals surface area contributed by atoms with Crippen LogP contribution in [0.3, 0.4) is 0 Å². The molecule has 208 valence electrons. The maximum atomic E-state index is 13.3. The molecule has 0 aromatic heterocycles. The Morgan fingerprint density at radius 2 is 1.87 bits per heavy atom. The molecule has 1 saturated heterocycles. The van der Waals surface area contributed by atoms with Gasteiger partial charge in [0.1, 0.15) is 5.60 Å². The molecule has 1 amide bonds. The van der Waals surface area contributed by atoms with Crippen LogP contribution < -0.4 is 5.32 Å². The maximum absolute atomic E-state index is 13.3. The topological polar surface area (TPSA) is 73.9 Å². The van der Waals surface area contributed by atoms with Crippen molar-refractivity contribution in [3.05, 3.63) is 70.2 Å². The van der Waals surface area contributed by atoms with Gasteiger partial charge in [-0.05, 0) is 93.5 Å². The number of rotatable bonds is 7. The number of carbonyl (C=O) groups is 2. The van der Waals surface area contributed by atoms with Crippen LogP contribution in [0.25, 0.3) is 0 Å². The van der Waals surface area contributed by atoms with E-state index in [1.807, 2.05) is 51.1 Å². The first-order valence-corrected chi connectivity index (χ1v) is 14.3. The molecule has 8 heteroatoms. The normalized spacial score (nSPS) is 27.8. The fourth-order valence-corrected chi connectivity index (χ4v) is 7.06. The molecular weight excluding hydrogens is 513 g/mol. The van der Waals surface area contributed by atoms with Crippen LogP contribution in [0, 0.1) is 17.3 Å². The van der Waals surface area contributed by atoms with Crippen LogP contribution in [0.5, 0.6) is 0 Å². The zero-order chi connectivity index (χ0) is 28.2. The van der Waals surface area contributed by atoms with Crippen molar-refractivity contribution in [2.24, 2.45) is 17.3 Å². The van der Waals surface area contributed by atoms with Gasteiger partial charge in [-0.1, -0.05) is 55.8 Å². The molecule has 3 saturated carbocycles. The largest absolute Gasteiger partial charge is 0.482 e. The van der Waals surface area contributed by atoms with E-state index >= 15 is 0 Å². The lowest BCUT2D eigenvalue weighted by molar-refractivity contribution is -0.199. The molecule has 1 aliphatic heterocycles. The Labute approximate surface area is 237 Å². The minimum absolute atomic E-state index is 0.0206.